The summed E-state index contributed by atoms with van der Waals surface area (Å²) < 4.78 is 5.36. The molecule has 0 radical (unpaired) electrons. The average molecular weight is 570 g/mol. The van der Waals surface area contributed by atoms with E-state index >= 15 is 0 Å². The van der Waals surface area contributed by atoms with Crippen molar-refractivity contribution in [2.45, 2.75) is 119 Å². The molecule has 0 aliphatic rings. The molecule has 0 fully saturated rings. The number of nitrogens with one attached hydrogen (secondary N) is 1. The summed E-state index contributed by atoms with van der Waals surface area (Å²) in [5, 5.41) is 22.0. The van der Waals surface area contributed by atoms with Gasteiger partial charge in [0.15, 0.2) is 0 Å². The number of hydrogen-bond acceptors (Lipinski definition) is 6. The highest BCUT2D eigenvalue weighted by Gasteiger charge is 2.45. The molecule has 0 aromatic rings. The largest absolute Gasteiger partial charge is 0.481 e. The molecular formula is C29H51N3O8. The third-order valence-corrected chi connectivity index (χ3v) is 6.82. The fraction of sp³-hybridized carbons (Fsp3) is 0.759. The van der Waals surface area contributed by atoms with Crippen LogP contribution in [0.3, 0.4) is 0 Å². The number of aliphatic carboxylic acids is 2. The van der Waals surface area contributed by atoms with Gasteiger partial charge in [0.1, 0.15) is 17.2 Å². The van der Waals surface area contributed by atoms with Crippen molar-refractivity contribution in [3.05, 3.63) is 11.6 Å². The molecule has 0 heterocycles. The Balaban J connectivity index is 6.39. The normalized spacial score (nSPS) is 15.5. The van der Waals surface area contributed by atoms with Crippen LogP contribution in [0.15, 0.2) is 11.6 Å². The smallest absolute Gasteiger partial charge is 0.408 e. The number of carbonyl (C=O) groups excluding carboxylic acids is 3. The van der Waals surface area contributed by atoms with Gasteiger partial charge in [0, 0.05) is 25.6 Å². The summed E-state index contributed by atoms with van der Waals surface area (Å²) in [6, 6.07) is -1.50. The Bertz CT molecular complexity index is 961. The van der Waals surface area contributed by atoms with Gasteiger partial charge in [-0.05, 0) is 58.8 Å². The summed E-state index contributed by atoms with van der Waals surface area (Å²) in [5.74, 6) is -3.49. The quantitative estimate of drug-likeness (QED) is 0.278. The first-order valence-electron chi connectivity index (χ1n) is 13.8. The molecule has 3 N–H and O–H groups in total. The summed E-state index contributed by atoms with van der Waals surface area (Å²) in [7, 11) is 1.59. The molecule has 3 atom stereocenters. The van der Waals surface area contributed by atoms with E-state index in [2.05, 4.69) is 5.32 Å². The van der Waals surface area contributed by atoms with E-state index in [4.69, 9.17) is 4.74 Å². The van der Waals surface area contributed by atoms with Gasteiger partial charge in [-0.1, -0.05) is 47.6 Å². The number of carbonyl (C=O) groups is 5. The van der Waals surface area contributed by atoms with E-state index in [0.29, 0.717) is 0 Å². The molecule has 0 aliphatic heterocycles. The molecule has 11 nitrogen and oxygen atoms in total. The van der Waals surface area contributed by atoms with Gasteiger partial charge in [-0.25, -0.2) is 9.59 Å². The molecule has 0 aromatic heterocycles. The SMILES string of the molecule is CCN(C(=O)/C(C)=C/[C@H](C(C)C)N(C)C(=O)[C@@H](NC(=O)OC(C)(C)C)C(C)(C)C)[C@](CC)(CCC(=O)O)C(=O)O. The lowest BCUT2D eigenvalue weighted by Gasteiger charge is -2.40. The highest BCUT2D eigenvalue weighted by molar-refractivity contribution is 5.97. The van der Waals surface area contributed by atoms with Crippen LogP contribution in [-0.4, -0.2) is 86.7 Å². The zero-order valence-corrected chi connectivity index (χ0v) is 26.4. The van der Waals surface area contributed by atoms with E-state index in [1.54, 1.807) is 54.7 Å². The molecule has 0 spiro atoms. The van der Waals surface area contributed by atoms with Crippen molar-refractivity contribution in [3.8, 4) is 0 Å². The van der Waals surface area contributed by atoms with Crippen LogP contribution in [-0.2, 0) is 23.9 Å². The maximum atomic E-state index is 13.7. The lowest BCUT2D eigenvalue weighted by atomic mass is 9.85. The molecule has 40 heavy (non-hydrogen) atoms. The fourth-order valence-electron chi connectivity index (χ4n) is 4.55. The Labute approximate surface area is 239 Å². The number of nitrogens with zero attached hydrogens (tertiary/aromatic N) is 2. The summed E-state index contributed by atoms with van der Waals surface area (Å²) in [5.41, 5.74) is -2.88. The van der Waals surface area contributed by atoms with Crippen molar-refractivity contribution in [3.63, 3.8) is 0 Å². The standard InChI is InChI=1S/C29H51N3O8/c1-13-29(25(37)38,16-15-21(33)34)32(14-2)23(35)19(5)17-20(18(3)4)31(12)24(36)22(27(6,7)8)30-26(39)40-28(9,10)11/h17-18,20,22H,13-16H2,1-12H3,(H,30,39)(H,33,34)(H,37,38)/b19-17+/t20-,22-,29-/m1/s1. The van der Waals surface area contributed by atoms with E-state index in [-0.39, 0.29) is 36.8 Å². The van der Waals surface area contributed by atoms with Gasteiger partial charge in [-0.2, -0.15) is 0 Å². The lowest BCUT2D eigenvalue weighted by Crippen LogP contribution is -2.58. The molecule has 230 valence electrons. The Morgan fingerprint density at radius 3 is 1.85 bits per heavy atom. The van der Waals surface area contributed by atoms with E-state index in [1.807, 2.05) is 34.6 Å². The van der Waals surface area contributed by atoms with Gasteiger partial charge in [-0.15, -0.1) is 0 Å². The highest BCUT2D eigenvalue weighted by atomic mass is 16.6. The van der Waals surface area contributed by atoms with E-state index in [0.717, 1.165) is 0 Å². The Morgan fingerprint density at radius 1 is 0.975 bits per heavy atom. The molecule has 0 rings (SSSR count). The molecule has 0 aromatic carbocycles. The van der Waals surface area contributed by atoms with Crippen LogP contribution in [0.1, 0.15) is 95.4 Å². The summed E-state index contributed by atoms with van der Waals surface area (Å²) >= 11 is 0. The Hall–Kier alpha value is -3.11. The van der Waals surface area contributed by atoms with Crippen LogP contribution < -0.4 is 5.32 Å². The van der Waals surface area contributed by atoms with Crippen LogP contribution >= 0.6 is 0 Å². The predicted octanol–water partition coefficient (Wildman–Crippen LogP) is 4.30. The second-order valence-electron chi connectivity index (χ2n) is 12.6. The molecular weight excluding hydrogens is 518 g/mol. The number of ether oxygens (including phenoxy) is 1. The Kier molecular flexibility index (Phi) is 13.4. The molecule has 0 saturated carbocycles. The number of carboxylic acid groups (broad SMARTS) is 2. The first-order valence-corrected chi connectivity index (χ1v) is 13.8. The maximum Gasteiger partial charge on any atom is 0.408 e. The zero-order valence-electron chi connectivity index (χ0n) is 26.4. The van der Waals surface area contributed by atoms with Crippen molar-refractivity contribution in [2.75, 3.05) is 13.6 Å². The number of carboxylic acids is 2. The van der Waals surface area contributed by atoms with Crippen molar-refractivity contribution in [1.82, 2.24) is 15.1 Å². The van der Waals surface area contributed by atoms with Gasteiger partial charge in [0.25, 0.3) is 0 Å². The van der Waals surface area contributed by atoms with Crippen molar-refractivity contribution in [2.24, 2.45) is 11.3 Å². The molecule has 0 aliphatic carbocycles. The van der Waals surface area contributed by atoms with Crippen LogP contribution in [0.2, 0.25) is 0 Å². The molecule has 3 amide bonds. The number of alkyl carbamates (subject to hydrolysis) is 1. The molecule has 0 saturated heterocycles. The van der Waals surface area contributed by atoms with E-state index < -0.39 is 59.0 Å². The van der Waals surface area contributed by atoms with Crippen molar-refractivity contribution < 1.29 is 38.9 Å². The fourth-order valence-corrected chi connectivity index (χ4v) is 4.55. The maximum absolute atomic E-state index is 13.7. The van der Waals surface area contributed by atoms with Gasteiger partial charge in [0.05, 0.1) is 6.04 Å². The minimum atomic E-state index is -1.69. The first kappa shape index (κ1) is 36.9. The van der Waals surface area contributed by atoms with E-state index in [9.17, 15) is 34.2 Å². The molecule has 11 heteroatoms. The third kappa shape index (κ3) is 10.1. The summed E-state index contributed by atoms with van der Waals surface area (Å²) in [6.45, 7) is 19.3. The molecule has 0 bridgehead atoms. The van der Waals surface area contributed by atoms with Gasteiger partial charge >= 0.3 is 18.0 Å². The summed E-state index contributed by atoms with van der Waals surface area (Å²) in [4.78, 5) is 66.2. The second-order valence-corrected chi connectivity index (χ2v) is 12.6. The van der Waals surface area contributed by atoms with Crippen molar-refractivity contribution in [1.29, 1.82) is 0 Å². The first-order chi connectivity index (χ1) is 18.0. The summed E-state index contributed by atoms with van der Waals surface area (Å²) in [6.07, 6.45) is 0.286. The zero-order chi connectivity index (χ0) is 31.8. The lowest BCUT2D eigenvalue weighted by molar-refractivity contribution is -0.159. The minimum absolute atomic E-state index is 0.0259. The predicted molar refractivity (Wildman–Crippen MR) is 153 cm³/mol. The minimum Gasteiger partial charge on any atom is -0.481 e. The number of hydrogen-bond donors (Lipinski definition) is 3. The average Bonchev–Trinajstić information content (AvgIpc) is 2.79. The monoisotopic (exact) mass is 569 g/mol. The van der Waals surface area contributed by atoms with Crippen molar-refractivity contribution >= 4 is 29.8 Å². The van der Waals surface area contributed by atoms with Crippen LogP contribution in [0, 0.1) is 11.3 Å². The number of likely N-dealkylation sites (N-methyl/N-ethyl adjacent to an activating group) is 2. The van der Waals surface area contributed by atoms with Gasteiger partial charge in [0.2, 0.25) is 11.8 Å². The Morgan fingerprint density at radius 2 is 1.50 bits per heavy atom. The van der Waals surface area contributed by atoms with Crippen LogP contribution in [0.25, 0.3) is 0 Å². The number of amides is 3. The topological polar surface area (TPSA) is 154 Å². The van der Waals surface area contributed by atoms with Crippen LogP contribution in [0.5, 0.6) is 0 Å². The van der Waals surface area contributed by atoms with Crippen LogP contribution in [0.4, 0.5) is 4.79 Å². The highest BCUT2D eigenvalue weighted by Crippen LogP contribution is 2.29. The number of rotatable bonds is 13. The van der Waals surface area contributed by atoms with Gasteiger partial charge in [-0.3, -0.25) is 14.4 Å². The van der Waals surface area contributed by atoms with E-state index in [1.165, 1.54) is 9.80 Å². The third-order valence-electron chi connectivity index (χ3n) is 6.82. The molecule has 0 unspecified atom stereocenters. The van der Waals surface area contributed by atoms with Gasteiger partial charge < -0.3 is 30.1 Å². The second kappa shape index (κ2) is 14.5.